The molecule has 1 aromatic carbocycles. The number of ether oxygens (including phenoxy) is 3. The molecular weight excluding hydrogens is 426 g/mol. The van der Waals surface area contributed by atoms with Crippen molar-refractivity contribution in [2.45, 2.75) is 56.3 Å². The van der Waals surface area contributed by atoms with Gasteiger partial charge in [0.25, 0.3) is 0 Å². The van der Waals surface area contributed by atoms with Gasteiger partial charge in [0.1, 0.15) is 24.6 Å². The fourth-order valence-corrected chi connectivity index (χ4v) is 5.11. The monoisotopic (exact) mass is 461 g/mol. The van der Waals surface area contributed by atoms with Gasteiger partial charge in [0.2, 0.25) is 11.8 Å². The van der Waals surface area contributed by atoms with Crippen LogP contribution in [0.5, 0.6) is 5.75 Å². The Labute approximate surface area is 194 Å². The Morgan fingerprint density at radius 2 is 2.03 bits per heavy atom. The molecule has 3 aliphatic heterocycles. The van der Waals surface area contributed by atoms with Crippen molar-refractivity contribution < 1.29 is 28.9 Å². The molecule has 0 aliphatic carbocycles. The Hall–Kier alpha value is -2.20. The second kappa shape index (κ2) is 11.3. The van der Waals surface area contributed by atoms with Crippen molar-refractivity contribution in [1.29, 1.82) is 0 Å². The summed E-state index contributed by atoms with van der Waals surface area (Å²) in [6, 6.07) is 5.52. The van der Waals surface area contributed by atoms with Gasteiger partial charge in [-0.2, -0.15) is 0 Å². The lowest BCUT2D eigenvalue weighted by Crippen LogP contribution is -2.47. The molecule has 2 saturated heterocycles. The lowest BCUT2D eigenvalue weighted by atomic mass is 9.84. The van der Waals surface area contributed by atoms with Gasteiger partial charge in [-0.25, -0.2) is 0 Å². The van der Waals surface area contributed by atoms with Gasteiger partial charge in [-0.3, -0.25) is 9.59 Å². The molecule has 0 aromatic heterocycles. The van der Waals surface area contributed by atoms with Crippen molar-refractivity contribution >= 4 is 17.5 Å². The fraction of sp³-hybridized carbons (Fsp3) is 0.667. The molecule has 2 fully saturated rings. The van der Waals surface area contributed by atoms with Crippen molar-refractivity contribution in [1.82, 2.24) is 10.2 Å². The average molecular weight is 462 g/mol. The summed E-state index contributed by atoms with van der Waals surface area (Å²) in [5.41, 5.74) is 1.63. The van der Waals surface area contributed by atoms with Crippen molar-refractivity contribution in [3.63, 3.8) is 0 Å². The number of benzene rings is 1. The number of likely N-dealkylation sites (tertiary alicyclic amines) is 1. The molecule has 3 N–H and O–H groups in total. The number of anilines is 1. The first-order valence-corrected chi connectivity index (χ1v) is 11.9. The number of methoxy groups -OCH3 is 1. The van der Waals surface area contributed by atoms with E-state index in [-0.39, 0.29) is 49.6 Å². The first-order valence-electron chi connectivity index (χ1n) is 11.9. The highest BCUT2D eigenvalue weighted by molar-refractivity contribution is 5.91. The van der Waals surface area contributed by atoms with E-state index >= 15 is 0 Å². The molecule has 0 unspecified atom stereocenters. The van der Waals surface area contributed by atoms with Crippen LogP contribution < -0.4 is 15.4 Å². The van der Waals surface area contributed by atoms with E-state index in [0.717, 1.165) is 30.9 Å². The van der Waals surface area contributed by atoms with Crippen LogP contribution >= 0.6 is 0 Å². The van der Waals surface area contributed by atoms with Crippen LogP contribution in [-0.4, -0.2) is 86.6 Å². The third kappa shape index (κ3) is 6.03. The molecule has 4 atom stereocenters. The van der Waals surface area contributed by atoms with Crippen molar-refractivity contribution in [3.05, 3.63) is 23.8 Å². The highest BCUT2D eigenvalue weighted by Crippen LogP contribution is 2.47. The molecule has 182 valence electrons. The molecule has 4 rings (SSSR count). The number of piperidine rings is 1. The SMILES string of the molecule is COCC(=O)Nc1ccc2c(c1)[C@@H]1C[C@H](CC(=O)NCCN3CCCCC3)O[C@H](CO)[C@@H]1O2. The number of fused-ring (bicyclic) bond motifs is 3. The van der Waals surface area contributed by atoms with Gasteiger partial charge >= 0.3 is 0 Å². The normalized spacial score (nSPS) is 26.7. The summed E-state index contributed by atoms with van der Waals surface area (Å²) in [7, 11) is 1.47. The van der Waals surface area contributed by atoms with Crippen LogP contribution in [0.1, 0.15) is 43.6 Å². The Kier molecular flexibility index (Phi) is 8.19. The summed E-state index contributed by atoms with van der Waals surface area (Å²) >= 11 is 0. The smallest absolute Gasteiger partial charge is 0.250 e. The molecule has 2 amide bonds. The maximum atomic E-state index is 12.6. The number of amides is 2. The minimum absolute atomic E-state index is 0.0173. The Balaban J connectivity index is 1.35. The third-order valence-electron chi connectivity index (χ3n) is 6.67. The number of carbonyl (C=O) groups is 2. The molecule has 3 heterocycles. The van der Waals surface area contributed by atoms with Crippen molar-refractivity contribution in [2.24, 2.45) is 0 Å². The van der Waals surface area contributed by atoms with E-state index in [1.165, 1.54) is 26.4 Å². The number of nitrogens with one attached hydrogen (secondary N) is 2. The minimum atomic E-state index is -0.506. The summed E-state index contributed by atoms with van der Waals surface area (Å²) in [5, 5.41) is 15.7. The standard InChI is InChI=1S/C24H35N3O6/c1-31-15-23(30)26-16-5-6-20-18(11-16)19-12-17(32-21(14-28)24(19)33-20)13-22(29)25-7-10-27-8-3-2-4-9-27/h5-6,11,17,19,21,24,28H,2-4,7-10,12-15H2,1H3,(H,25,29)(H,26,30)/t17-,19+,21-,24-/m1/s1. The van der Waals surface area contributed by atoms with Gasteiger partial charge in [-0.05, 0) is 50.6 Å². The highest BCUT2D eigenvalue weighted by Gasteiger charge is 2.46. The number of rotatable bonds is 9. The van der Waals surface area contributed by atoms with E-state index in [0.29, 0.717) is 18.7 Å². The minimum Gasteiger partial charge on any atom is -0.487 e. The van der Waals surface area contributed by atoms with Gasteiger partial charge in [-0.1, -0.05) is 6.42 Å². The first kappa shape index (κ1) is 23.9. The van der Waals surface area contributed by atoms with Crippen LogP contribution in [0.2, 0.25) is 0 Å². The zero-order valence-corrected chi connectivity index (χ0v) is 19.3. The average Bonchev–Trinajstić information content (AvgIpc) is 3.17. The van der Waals surface area contributed by atoms with E-state index in [1.54, 1.807) is 6.07 Å². The number of carbonyl (C=O) groups excluding carboxylic acids is 2. The van der Waals surface area contributed by atoms with Crippen molar-refractivity contribution in [3.8, 4) is 5.75 Å². The molecule has 0 radical (unpaired) electrons. The van der Waals surface area contributed by atoms with Crippen molar-refractivity contribution in [2.75, 3.05) is 51.8 Å². The van der Waals surface area contributed by atoms with E-state index in [9.17, 15) is 14.7 Å². The quantitative estimate of drug-likeness (QED) is 0.508. The fourth-order valence-electron chi connectivity index (χ4n) is 5.11. The zero-order valence-electron chi connectivity index (χ0n) is 19.3. The Morgan fingerprint density at radius 1 is 1.21 bits per heavy atom. The summed E-state index contributed by atoms with van der Waals surface area (Å²) in [6.07, 6.45) is 3.50. The third-order valence-corrected chi connectivity index (χ3v) is 6.67. The number of aliphatic hydroxyl groups is 1. The van der Waals surface area contributed by atoms with E-state index in [2.05, 4.69) is 15.5 Å². The summed E-state index contributed by atoms with van der Waals surface area (Å²) in [5.74, 6) is 0.443. The lowest BCUT2D eigenvalue weighted by molar-refractivity contribution is -0.142. The second-order valence-corrected chi connectivity index (χ2v) is 9.09. The van der Waals surface area contributed by atoms with Gasteiger partial charge in [0, 0.05) is 37.4 Å². The molecule has 0 spiro atoms. The molecule has 9 nitrogen and oxygen atoms in total. The van der Waals surface area contributed by atoms with Gasteiger partial charge in [-0.15, -0.1) is 0 Å². The predicted molar refractivity (Wildman–Crippen MR) is 122 cm³/mol. The molecule has 0 saturated carbocycles. The van der Waals surface area contributed by atoms with Crippen LogP contribution in [0.3, 0.4) is 0 Å². The molecule has 9 heteroatoms. The van der Waals surface area contributed by atoms with Gasteiger partial charge in [0.15, 0.2) is 0 Å². The summed E-state index contributed by atoms with van der Waals surface area (Å²) in [6.45, 7) is 3.53. The maximum absolute atomic E-state index is 12.6. The van der Waals surface area contributed by atoms with Gasteiger partial charge < -0.3 is 34.9 Å². The largest absolute Gasteiger partial charge is 0.487 e. The molecular formula is C24H35N3O6. The number of aliphatic hydroxyl groups excluding tert-OH is 1. The van der Waals surface area contributed by atoms with E-state index in [1.807, 2.05) is 12.1 Å². The van der Waals surface area contributed by atoms with E-state index in [4.69, 9.17) is 14.2 Å². The molecule has 0 bridgehead atoms. The lowest BCUT2D eigenvalue weighted by Gasteiger charge is -2.37. The van der Waals surface area contributed by atoms with Crippen LogP contribution in [0.25, 0.3) is 0 Å². The Bertz CT molecular complexity index is 828. The molecule has 1 aromatic rings. The first-order chi connectivity index (χ1) is 16.1. The van der Waals surface area contributed by atoms with Crippen LogP contribution in [0.4, 0.5) is 5.69 Å². The number of hydrogen-bond acceptors (Lipinski definition) is 7. The number of hydrogen-bond donors (Lipinski definition) is 3. The Morgan fingerprint density at radius 3 is 2.79 bits per heavy atom. The topological polar surface area (TPSA) is 109 Å². The van der Waals surface area contributed by atoms with Gasteiger partial charge in [0.05, 0.1) is 19.1 Å². The molecule has 3 aliphatic rings. The van der Waals surface area contributed by atoms with Crippen LogP contribution in [0.15, 0.2) is 18.2 Å². The van der Waals surface area contributed by atoms with Crippen LogP contribution in [0, 0.1) is 0 Å². The number of nitrogens with zero attached hydrogens (tertiary/aromatic N) is 1. The maximum Gasteiger partial charge on any atom is 0.250 e. The molecule has 33 heavy (non-hydrogen) atoms. The van der Waals surface area contributed by atoms with Crippen LogP contribution in [-0.2, 0) is 19.1 Å². The summed E-state index contributed by atoms with van der Waals surface area (Å²) in [4.78, 5) is 26.8. The second-order valence-electron chi connectivity index (χ2n) is 9.09. The van der Waals surface area contributed by atoms with E-state index < -0.39 is 6.10 Å². The summed E-state index contributed by atoms with van der Waals surface area (Å²) < 4.78 is 17.0. The predicted octanol–water partition coefficient (Wildman–Crippen LogP) is 1.26. The zero-order chi connectivity index (χ0) is 23.2. The highest BCUT2D eigenvalue weighted by atomic mass is 16.6.